The molecule has 11 heteroatoms. The lowest BCUT2D eigenvalue weighted by Crippen LogP contribution is -2.48. The Bertz CT molecular complexity index is 1930. The minimum atomic E-state index is -2.12. The number of anilines is 2. The van der Waals surface area contributed by atoms with Crippen molar-refractivity contribution in [2.75, 3.05) is 11.9 Å². The summed E-state index contributed by atoms with van der Waals surface area (Å²) in [4.78, 5) is 14.7. The Kier molecular flexibility index (Phi) is 10.0. The topological polar surface area (TPSA) is 92.6 Å². The van der Waals surface area contributed by atoms with Gasteiger partial charge < -0.3 is 23.6 Å². The summed E-state index contributed by atoms with van der Waals surface area (Å²) in [6.45, 7) is 23.6. The highest BCUT2D eigenvalue weighted by molar-refractivity contribution is 6.74. The first-order chi connectivity index (χ1) is 23.5. The summed E-state index contributed by atoms with van der Waals surface area (Å²) in [6, 6.07) is 24.5. The number of nitrogens with one attached hydrogen (secondary N) is 1. The Morgan fingerprint density at radius 1 is 0.840 bits per heavy atom. The molecule has 0 spiro atoms. The van der Waals surface area contributed by atoms with E-state index in [1.165, 1.54) is 0 Å². The van der Waals surface area contributed by atoms with Crippen LogP contribution in [0.3, 0.4) is 0 Å². The molecule has 1 saturated heterocycles. The van der Waals surface area contributed by atoms with Crippen molar-refractivity contribution in [3.63, 3.8) is 0 Å². The Hall–Kier alpha value is -3.62. The number of aromatic nitrogens is 4. The van der Waals surface area contributed by atoms with E-state index in [-0.39, 0.29) is 28.5 Å². The van der Waals surface area contributed by atoms with E-state index in [0.29, 0.717) is 42.6 Å². The number of hydrogen-bond acceptors (Lipinski definition) is 8. The van der Waals surface area contributed by atoms with Gasteiger partial charge in [-0.2, -0.15) is 9.97 Å². The van der Waals surface area contributed by atoms with E-state index in [1.807, 2.05) is 59.2 Å². The molecule has 3 atom stereocenters. The summed E-state index contributed by atoms with van der Waals surface area (Å²) in [5, 5.41) is 5.83. The van der Waals surface area contributed by atoms with Crippen molar-refractivity contribution in [3.8, 4) is 5.88 Å². The fraction of sp³-hybridized carbons (Fsp3) is 0.462. The maximum atomic E-state index is 7.07. The van der Waals surface area contributed by atoms with Crippen LogP contribution >= 0.6 is 0 Å². The van der Waals surface area contributed by atoms with Crippen LogP contribution in [0.5, 0.6) is 5.88 Å². The molecule has 3 aromatic carbocycles. The van der Waals surface area contributed by atoms with Crippen LogP contribution in [0.15, 0.2) is 79.1 Å². The van der Waals surface area contributed by atoms with Gasteiger partial charge in [0.2, 0.25) is 11.8 Å². The first kappa shape index (κ1) is 36.2. The molecular formula is C39H53N5O4Si2. The third-order valence-electron chi connectivity index (χ3n) is 10.8. The van der Waals surface area contributed by atoms with Crippen LogP contribution < -0.4 is 10.1 Å². The zero-order valence-electron chi connectivity index (χ0n) is 31.3. The summed E-state index contributed by atoms with van der Waals surface area (Å²) in [6.07, 6.45) is 1.73. The SMILES string of the molecule is CC(C)(C)[Si](C)(C)OC[C@H]1O[C@@H](n2cnc3c(OCc4ccccc4)nc(Nc4cccc5ccccc45)nc32)C[C@@H]1O[Si](C)(C)C(C)(C)C. The van der Waals surface area contributed by atoms with Crippen molar-refractivity contribution in [1.29, 1.82) is 0 Å². The first-order valence-electron chi connectivity index (χ1n) is 17.7. The quantitative estimate of drug-likeness (QED) is 0.135. The lowest BCUT2D eigenvalue weighted by Gasteiger charge is -2.40. The molecular weight excluding hydrogens is 659 g/mol. The van der Waals surface area contributed by atoms with E-state index in [9.17, 15) is 0 Å². The average molecular weight is 712 g/mol. The van der Waals surface area contributed by atoms with E-state index >= 15 is 0 Å². The number of hydrogen-bond donors (Lipinski definition) is 1. The lowest BCUT2D eigenvalue weighted by molar-refractivity contribution is -0.0383. The number of nitrogens with zero attached hydrogens (tertiary/aromatic N) is 4. The Morgan fingerprint density at radius 2 is 1.52 bits per heavy atom. The number of rotatable bonds is 11. The van der Waals surface area contributed by atoms with Crippen molar-refractivity contribution in [3.05, 3.63) is 84.7 Å². The normalized spacial score (nSPS) is 19.0. The molecule has 0 unspecified atom stereocenters. The Labute approximate surface area is 299 Å². The van der Waals surface area contributed by atoms with Crippen LogP contribution in [0.1, 0.15) is 59.8 Å². The molecule has 1 aliphatic heterocycles. The molecule has 1 N–H and O–H groups in total. The number of ether oxygens (including phenoxy) is 2. The van der Waals surface area contributed by atoms with Crippen LogP contribution in [0.4, 0.5) is 11.6 Å². The molecule has 0 bridgehead atoms. The van der Waals surface area contributed by atoms with Crippen molar-refractivity contribution < 1.29 is 18.3 Å². The fourth-order valence-corrected chi connectivity index (χ4v) is 8.02. The monoisotopic (exact) mass is 711 g/mol. The minimum Gasteiger partial charge on any atom is -0.471 e. The third-order valence-corrected chi connectivity index (χ3v) is 19.8. The molecule has 9 nitrogen and oxygen atoms in total. The second kappa shape index (κ2) is 13.8. The van der Waals surface area contributed by atoms with Gasteiger partial charge in [-0.05, 0) is 53.3 Å². The summed E-state index contributed by atoms with van der Waals surface area (Å²) in [5.41, 5.74) is 3.16. The van der Waals surface area contributed by atoms with Gasteiger partial charge in [-0.1, -0.05) is 108 Å². The molecule has 266 valence electrons. The third kappa shape index (κ3) is 7.67. The predicted octanol–water partition coefficient (Wildman–Crippen LogP) is 10.0. The average Bonchev–Trinajstić information content (AvgIpc) is 3.66. The lowest BCUT2D eigenvalue weighted by atomic mass is 10.1. The van der Waals surface area contributed by atoms with Crippen LogP contribution in [-0.2, 0) is 20.2 Å². The first-order valence-corrected chi connectivity index (χ1v) is 23.5. The highest BCUT2D eigenvalue weighted by Gasteiger charge is 2.47. The van der Waals surface area contributed by atoms with Crippen molar-refractivity contribution in [2.45, 2.75) is 109 Å². The molecule has 0 aliphatic carbocycles. The molecule has 0 amide bonds. The number of benzene rings is 3. The van der Waals surface area contributed by atoms with Gasteiger partial charge in [0.1, 0.15) is 18.9 Å². The van der Waals surface area contributed by atoms with Crippen LogP contribution in [-0.4, -0.2) is 55.0 Å². The van der Waals surface area contributed by atoms with Crippen molar-refractivity contribution in [1.82, 2.24) is 19.5 Å². The summed E-state index contributed by atoms with van der Waals surface area (Å²) < 4.78 is 29.1. The molecule has 0 radical (unpaired) electrons. The number of fused-ring (bicyclic) bond motifs is 2. The van der Waals surface area contributed by atoms with Crippen LogP contribution in [0.25, 0.3) is 21.9 Å². The maximum Gasteiger partial charge on any atom is 0.247 e. The van der Waals surface area contributed by atoms with Gasteiger partial charge in [0.25, 0.3) is 0 Å². The van der Waals surface area contributed by atoms with Gasteiger partial charge in [0.05, 0.1) is 19.0 Å². The molecule has 50 heavy (non-hydrogen) atoms. The summed E-state index contributed by atoms with van der Waals surface area (Å²) in [7, 11) is -4.15. The zero-order chi connectivity index (χ0) is 35.9. The molecule has 6 rings (SSSR count). The van der Waals surface area contributed by atoms with E-state index in [0.717, 1.165) is 22.0 Å². The van der Waals surface area contributed by atoms with Gasteiger partial charge in [-0.15, -0.1) is 0 Å². The van der Waals surface area contributed by atoms with Gasteiger partial charge in [0, 0.05) is 17.5 Å². The Balaban J connectivity index is 1.36. The second-order valence-electron chi connectivity index (χ2n) is 16.5. The van der Waals surface area contributed by atoms with Gasteiger partial charge >= 0.3 is 0 Å². The molecule has 0 saturated carbocycles. The molecule has 5 aromatic rings. The standard InChI is InChI=1S/C39H53N5O4Si2/c1-38(2,3)49(7,8)46-25-32-31(48-50(9,10)39(4,5)6)23-33(47-32)44-26-40-34-35(44)42-37(43-36(34)45-24-27-17-12-11-13-18-27)41-30-22-16-20-28-19-14-15-21-29(28)30/h11-22,26,31-33H,23-25H2,1-10H3,(H,41,42,43)/t31-,32+,33+/m0/s1. The predicted molar refractivity (Wildman–Crippen MR) is 207 cm³/mol. The molecule has 1 fully saturated rings. The molecule has 1 aliphatic rings. The largest absolute Gasteiger partial charge is 0.471 e. The van der Waals surface area contributed by atoms with Crippen LogP contribution in [0.2, 0.25) is 36.3 Å². The van der Waals surface area contributed by atoms with Gasteiger partial charge in [-0.25, -0.2) is 4.98 Å². The molecule has 3 heterocycles. The highest BCUT2D eigenvalue weighted by Crippen LogP contribution is 2.43. The highest BCUT2D eigenvalue weighted by atomic mass is 28.4. The van der Waals surface area contributed by atoms with E-state index < -0.39 is 16.6 Å². The van der Waals surface area contributed by atoms with Crippen molar-refractivity contribution in [2.24, 2.45) is 0 Å². The fourth-order valence-electron chi connectivity index (χ4n) is 5.65. The van der Waals surface area contributed by atoms with Gasteiger partial charge in [-0.3, -0.25) is 4.57 Å². The van der Waals surface area contributed by atoms with Crippen molar-refractivity contribution >= 4 is 50.2 Å². The zero-order valence-corrected chi connectivity index (χ0v) is 33.3. The van der Waals surface area contributed by atoms with E-state index in [2.05, 4.69) is 91.2 Å². The summed E-state index contributed by atoms with van der Waals surface area (Å²) in [5.74, 6) is 0.828. The van der Waals surface area contributed by atoms with E-state index in [4.69, 9.17) is 33.3 Å². The van der Waals surface area contributed by atoms with Gasteiger partial charge in [0.15, 0.2) is 27.8 Å². The second-order valence-corrected chi connectivity index (χ2v) is 26.0. The Morgan fingerprint density at radius 3 is 2.24 bits per heavy atom. The van der Waals surface area contributed by atoms with Crippen LogP contribution in [0, 0.1) is 0 Å². The minimum absolute atomic E-state index is 0.0536. The summed E-state index contributed by atoms with van der Waals surface area (Å²) >= 11 is 0. The maximum absolute atomic E-state index is 7.07. The molecule has 2 aromatic heterocycles. The van der Waals surface area contributed by atoms with E-state index in [1.54, 1.807) is 6.33 Å². The number of imidazole rings is 1. The smallest absolute Gasteiger partial charge is 0.247 e.